The maximum atomic E-state index is 12.9. The number of halogens is 1. The van der Waals surface area contributed by atoms with E-state index in [4.69, 9.17) is 0 Å². The molecule has 1 N–H and O–H groups in total. The van der Waals surface area contributed by atoms with Crippen molar-refractivity contribution >= 4 is 0 Å². The van der Waals surface area contributed by atoms with Gasteiger partial charge < -0.3 is 5.32 Å². The average Bonchev–Trinajstić information content (AvgIpc) is 2.09. The molecule has 14 heavy (non-hydrogen) atoms. The summed E-state index contributed by atoms with van der Waals surface area (Å²) in [7, 11) is 1.88. The fourth-order valence-electron chi connectivity index (χ4n) is 1.63. The molecule has 0 saturated carbocycles. The van der Waals surface area contributed by atoms with E-state index in [1.807, 2.05) is 20.9 Å². The van der Waals surface area contributed by atoms with E-state index in [9.17, 15) is 4.39 Å². The van der Waals surface area contributed by atoms with Crippen molar-refractivity contribution in [3.05, 3.63) is 47.3 Å². The van der Waals surface area contributed by atoms with Gasteiger partial charge in [0.1, 0.15) is 5.82 Å². The normalized spacial score (nSPS) is 12.6. The average molecular weight is 193 g/mol. The second-order valence-corrected chi connectivity index (χ2v) is 3.57. The van der Waals surface area contributed by atoms with E-state index in [0.29, 0.717) is 0 Å². The standard InChI is InChI=1S/C12H16FN/c1-8(2)12(14-4)11-6-5-10(13)7-9(11)3/h5-7,12,14H,1H2,2-4H3. The third kappa shape index (κ3) is 2.20. The van der Waals surface area contributed by atoms with Gasteiger partial charge in [-0.05, 0) is 44.2 Å². The van der Waals surface area contributed by atoms with Crippen LogP contribution in [0.25, 0.3) is 0 Å². The van der Waals surface area contributed by atoms with Gasteiger partial charge in [0.15, 0.2) is 0 Å². The summed E-state index contributed by atoms with van der Waals surface area (Å²) < 4.78 is 12.9. The molecule has 0 saturated heterocycles. The first-order valence-electron chi connectivity index (χ1n) is 4.65. The Bertz CT molecular complexity index is 344. The van der Waals surface area contributed by atoms with Gasteiger partial charge in [-0.3, -0.25) is 0 Å². The molecule has 0 bridgehead atoms. The molecule has 0 heterocycles. The van der Waals surface area contributed by atoms with Crippen molar-refractivity contribution in [2.75, 3.05) is 7.05 Å². The maximum absolute atomic E-state index is 12.9. The zero-order valence-corrected chi connectivity index (χ0v) is 8.89. The lowest BCUT2D eigenvalue weighted by atomic mass is 9.97. The van der Waals surface area contributed by atoms with Crippen LogP contribution in [0.1, 0.15) is 24.1 Å². The maximum Gasteiger partial charge on any atom is 0.123 e. The van der Waals surface area contributed by atoms with Crippen molar-refractivity contribution in [1.82, 2.24) is 5.32 Å². The Labute approximate surface area is 84.6 Å². The van der Waals surface area contributed by atoms with Crippen LogP contribution in [0.4, 0.5) is 4.39 Å². The number of rotatable bonds is 3. The van der Waals surface area contributed by atoms with Crippen LogP contribution in [-0.4, -0.2) is 7.05 Å². The highest BCUT2D eigenvalue weighted by molar-refractivity contribution is 5.33. The van der Waals surface area contributed by atoms with E-state index >= 15 is 0 Å². The molecule has 1 unspecified atom stereocenters. The van der Waals surface area contributed by atoms with Crippen LogP contribution in [-0.2, 0) is 0 Å². The molecule has 76 valence electrons. The summed E-state index contributed by atoms with van der Waals surface area (Å²) in [5, 5.41) is 3.16. The molecule has 0 spiro atoms. The summed E-state index contributed by atoms with van der Waals surface area (Å²) in [5.41, 5.74) is 3.07. The summed E-state index contributed by atoms with van der Waals surface area (Å²) >= 11 is 0. The molecule has 1 atom stereocenters. The number of nitrogens with one attached hydrogen (secondary N) is 1. The van der Waals surface area contributed by atoms with Crippen molar-refractivity contribution in [3.63, 3.8) is 0 Å². The Morgan fingerprint density at radius 1 is 1.50 bits per heavy atom. The van der Waals surface area contributed by atoms with Crippen LogP contribution in [0.3, 0.4) is 0 Å². The molecule has 0 amide bonds. The van der Waals surface area contributed by atoms with E-state index in [2.05, 4.69) is 11.9 Å². The van der Waals surface area contributed by atoms with Gasteiger partial charge in [0.25, 0.3) is 0 Å². The third-order valence-electron chi connectivity index (χ3n) is 2.32. The minimum absolute atomic E-state index is 0.107. The molecule has 0 aliphatic heterocycles. The Hall–Kier alpha value is -1.15. The van der Waals surface area contributed by atoms with Gasteiger partial charge in [-0.1, -0.05) is 18.2 Å². The molecule has 1 aromatic carbocycles. The first-order valence-corrected chi connectivity index (χ1v) is 4.65. The van der Waals surface area contributed by atoms with Crippen LogP contribution >= 0.6 is 0 Å². The molecule has 0 aliphatic carbocycles. The summed E-state index contributed by atoms with van der Waals surface area (Å²) in [6, 6.07) is 4.94. The third-order valence-corrected chi connectivity index (χ3v) is 2.32. The van der Waals surface area contributed by atoms with Crippen LogP contribution < -0.4 is 5.32 Å². The van der Waals surface area contributed by atoms with E-state index in [1.165, 1.54) is 6.07 Å². The first-order chi connectivity index (χ1) is 6.56. The van der Waals surface area contributed by atoms with E-state index in [-0.39, 0.29) is 11.9 Å². The fourth-order valence-corrected chi connectivity index (χ4v) is 1.63. The van der Waals surface area contributed by atoms with Crippen LogP contribution in [0.15, 0.2) is 30.4 Å². The zero-order chi connectivity index (χ0) is 10.7. The number of benzene rings is 1. The van der Waals surface area contributed by atoms with Crippen LogP contribution in [0.5, 0.6) is 0 Å². The van der Waals surface area contributed by atoms with Crippen LogP contribution in [0, 0.1) is 12.7 Å². The highest BCUT2D eigenvalue weighted by Crippen LogP contribution is 2.23. The number of aryl methyl sites for hydroxylation is 1. The SMILES string of the molecule is C=C(C)C(NC)c1ccc(F)cc1C. The number of hydrogen-bond acceptors (Lipinski definition) is 1. The second kappa shape index (κ2) is 4.38. The highest BCUT2D eigenvalue weighted by atomic mass is 19.1. The minimum Gasteiger partial charge on any atom is -0.310 e. The Kier molecular flexibility index (Phi) is 3.42. The molecule has 1 aromatic rings. The van der Waals surface area contributed by atoms with Gasteiger partial charge >= 0.3 is 0 Å². The van der Waals surface area contributed by atoms with E-state index in [0.717, 1.165) is 16.7 Å². The van der Waals surface area contributed by atoms with Crippen molar-refractivity contribution in [3.8, 4) is 0 Å². The summed E-state index contributed by atoms with van der Waals surface area (Å²) in [5.74, 6) is -0.192. The van der Waals surface area contributed by atoms with Gasteiger partial charge in [-0.25, -0.2) is 4.39 Å². The monoisotopic (exact) mass is 193 g/mol. The molecular formula is C12H16FN. The van der Waals surface area contributed by atoms with Crippen molar-refractivity contribution < 1.29 is 4.39 Å². The van der Waals surface area contributed by atoms with Crippen molar-refractivity contribution in [2.45, 2.75) is 19.9 Å². The Balaban J connectivity index is 3.10. The lowest BCUT2D eigenvalue weighted by molar-refractivity contribution is 0.620. The molecule has 2 heteroatoms. The van der Waals surface area contributed by atoms with Gasteiger partial charge in [0.2, 0.25) is 0 Å². The lowest BCUT2D eigenvalue weighted by Crippen LogP contribution is -2.18. The molecule has 1 nitrogen and oxygen atoms in total. The zero-order valence-electron chi connectivity index (χ0n) is 8.89. The smallest absolute Gasteiger partial charge is 0.123 e. The van der Waals surface area contributed by atoms with E-state index in [1.54, 1.807) is 12.1 Å². The lowest BCUT2D eigenvalue weighted by Gasteiger charge is -2.18. The quantitative estimate of drug-likeness (QED) is 0.728. The van der Waals surface area contributed by atoms with Crippen molar-refractivity contribution in [2.24, 2.45) is 0 Å². The largest absolute Gasteiger partial charge is 0.310 e. The first kappa shape index (κ1) is 10.9. The fraction of sp³-hybridized carbons (Fsp3) is 0.333. The number of hydrogen-bond donors (Lipinski definition) is 1. The highest BCUT2D eigenvalue weighted by Gasteiger charge is 2.12. The van der Waals surface area contributed by atoms with Gasteiger partial charge in [0.05, 0.1) is 6.04 Å². The summed E-state index contributed by atoms with van der Waals surface area (Å²) in [4.78, 5) is 0. The predicted molar refractivity (Wildman–Crippen MR) is 57.8 cm³/mol. The van der Waals surface area contributed by atoms with Crippen molar-refractivity contribution in [1.29, 1.82) is 0 Å². The molecule has 0 fully saturated rings. The minimum atomic E-state index is -0.192. The molecule has 1 rings (SSSR count). The predicted octanol–water partition coefficient (Wildman–Crippen LogP) is 2.97. The molecule has 0 radical (unpaired) electrons. The summed E-state index contributed by atoms with van der Waals surface area (Å²) in [6.45, 7) is 7.78. The van der Waals surface area contributed by atoms with Crippen LogP contribution in [0.2, 0.25) is 0 Å². The number of likely N-dealkylation sites (N-methyl/N-ethyl adjacent to an activating group) is 1. The Morgan fingerprint density at radius 2 is 2.14 bits per heavy atom. The molecular weight excluding hydrogens is 177 g/mol. The second-order valence-electron chi connectivity index (χ2n) is 3.57. The van der Waals surface area contributed by atoms with Gasteiger partial charge in [-0.2, -0.15) is 0 Å². The molecule has 0 aliphatic rings. The topological polar surface area (TPSA) is 12.0 Å². The van der Waals surface area contributed by atoms with Gasteiger partial charge in [-0.15, -0.1) is 0 Å². The Morgan fingerprint density at radius 3 is 2.57 bits per heavy atom. The summed E-state index contributed by atoms with van der Waals surface area (Å²) in [6.07, 6.45) is 0. The van der Waals surface area contributed by atoms with Gasteiger partial charge in [0, 0.05) is 0 Å². The molecule has 0 aromatic heterocycles. The van der Waals surface area contributed by atoms with E-state index < -0.39 is 0 Å².